The zero-order valence-corrected chi connectivity index (χ0v) is 17.0. The second-order valence-corrected chi connectivity index (χ2v) is 8.57. The summed E-state index contributed by atoms with van der Waals surface area (Å²) in [6.45, 7) is 4.31. The molecular formula is C18H33Cl3O2. The Kier molecular flexibility index (Phi) is 14.9. The lowest BCUT2D eigenvalue weighted by molar-refractivity contribution is -0.148. The Morgan fingerprint density at radius 3 is 1.70 bits per heavy atom. The Hall–Kier alpha value is 0.340. The molecule has 0 aromatic rings. The summed E-state index contributed by atoms with van der Waals surface area (Å²) < 4.78 is 3.33. The molecule has 0 amide bonds. The molecule has 0 heterocycles. The summed E-state index contributed by atoms with van der Waals surface area (Å²) >= 11 is 16.6. The monoisotopic (exact) mass is 386 g/mol. The third kappa shape index (κ3) is 14.4. The summed E-state index contributed by atoms with van der Waals surface area (Å²) in [7, 11) is 0. The fourth-order valence-corrected chi connectivity index (χ4v) is 2.80. The van der Waals surface area contributed by atoms with Gasteiger partial charge < -0.3 is 4.74 Å². The number of halogens is 3. The van der Waals surface area contributed by atoms with E-state index in [2.05, 4.69) is 13.8 Å². The molecule has 0 aliphatic carbocycles. The zero-order valence-electron chi connectivity index (χ0n) is 14.7. The van der Waals surface area contributed by atoms with E-state index >= 15 is 0 Å². The minimum atomic E-state index is -1.97. The van der Waals surface area contributed by atoms with E-state index in [-0.39, 0.29) is 6.10 Å². The number of ether oxygens (including phenoxy) is 1. The molecule has 0 saturated heterocycles. The molecule has 0 fully saturated rings. The highest BCUT2D eigenvalue weighted by Gasteiger charge is 2.34. The third-order valence-electron chi connectivity index (χ3n) is 4.00. The van der Waals surface area contributed by atoms with Crippen molar-refractivity contribution < 1.29 is 9.53 Å². The second kappa shape index (κ2) is 14.7. The lowest BCUT2D eigenvalue weighted by Gasteiger charge is -2.19. The van der Waals surface area contributed by atoms with Crippen LogP contribution in [0.3, 0.4) is 0 Å². The molecule has 0 aliphatic rings. The van der Waals surface area contributed by atoms with Crippen LogP contribution in [-0.4, -0.2) is 15.9 Å². The highest BCUT2D eigenvalue weighted by molar-refractivity contribution is 6.75. The van der Waals surface area contributed by atoms with Crippen molar-refractivity contribution in [1.82, 2.24) is 0 Å². The van der Waals surface area contributed by atoms with E-state index in [1.54, 1.807) is 0 Å². The van der Waals surface area contributed by atoms with Crippen LogP contribution in [0.15, 0.2) is 0 Å². The Balaban J connectivity index is 3.67. The van der Waals surface area contributed by atoms with Gasteiger partial charge in [-0.3, -0.25) is 0 Å². The Morgan fingerprint density at radius 1 is 0.783 bits per heavy atom. The largest absolute Gasteiger partial charge is 0.459 e. The maximum atomic E-state index is 11.6. The number of esters is 1. The SMILES string of the molecule is CCCCCCCCCCCCC(CCC)OC(=O)C(Cl)(Cl)Cl. The van der Waals surface area contributed by atoms with Gasteiger partial charge in [0.1, 0.15) is 6.10 Å². The van der Waals surface area contributed by atoms with Gasteiger partial charge in [0.2, 0.25) is 0 Å². The lowest BCUT2D eigenvalue weighted by Crippen LogP contribution is -2.27. The van der Waals surface area contributed by atoms with Crippen LogP contribution in [0.2, 0.25) is 0 Å². The molecule has 0 bridgehead atoms. The summed E-state index contributed by atoms with van der Waals surface area (Å²) in [5.74, 6) is -0.756. The standard InChI is InChI=1S/C18H33Cl3O2/c1-3-5-6-7-8-9-10-11-12-13-15-16(14-4-2)23-17(22)18(19,20)21/h16H,3-15H2,1-2H3. The minimum Gasteiger partial charge on any atom is -0.459 e. The molecule has 0 rings (SSSR count). The lowest BCUT2D eigenvalue weighted by atomic mass is 10.0. The third-order valence-corrected chi connectivity index (χ3v) is 4.46. The van der Waals surface area contributed by atoms with Crippen molar-refractivity contribution in [2.24, 2.45) is 0 Å². The molecule has 1 atom stereocenters. The van der Waals surface area contributed by atoms with Gasteiger partial charge in [-0.1, -0.05) is 113 Å². The number of carbonyl (C=O) groups is 1. The average molecular weight is 388 g/mol. The predicted octanol–water partition coefficient (Wildman–Crippen LogP) is 7.38. The second-order valence-electron chi connectivity index (χ2n) is 6.28. The van der Waals surface area contributed by atoms with Crippen molar-refractivity contribution >= 4 is 40.8 Å². The fraction of sp³-hybridized carbons (Fsp3) is 0.944. The van der Waals surface area contributed by atoms with E-state index in [0.717, 1.165) is 25.7 Å². The molecule has 0 aromatic carbocycles. The molecule has 0 radical (unpaired) electrons. The van der Waals surface area contributed by atoms with E-state index in [1.807, 2.05) is 0 Å². The molecule has 0 spiro atoms. The van der Waals surface area contributed by atoms with Crippen molar-refractivity contribution in [3.8, 4) is 0 Å². The zero-order chi connectivity index (χ0) is 17.6. The highest BCUT2D eigenvalue weighted by Crippen LogP contribution is 2.29. The summed E-state index contributed by atoms with van der Waals surface area (Å²) in [6.07, 6.45) is 15.4. The Morgan fingerprint density at radius 2 is 1.26 bits per heavy atom. The maximum Gasteiger partial charge on any atom is 0.358 e. The van der Waals surface area contributed by atoms with E-state index in [1.165, 1.54) is 57.8 Å². The van der Waals surface area contributed by atoms with E-state index in [0.29, 0.717) is 0 Å². The van der Waals surface area contributed by atoms with Crippen LogP contribution in [-0.2, 0) is 9.53 Å². The van der Waals surface area contributed by atoms with E-state index in [9.17, 15) is 4.79 Å². The van der Waals surface area contributed by atoms with E-state index < -0.39 is 9.76 Å². The number of hydrogen-bond donors (Lipinski definition) is 0. The molecule has 0 saturated carbocycles. The molecule has 0 aromatic heterocycles. The Labute approximate surface area is 157 Å². The van der Waals surface area contributed by atoms with Gasteiger partial charge in [0.15, 0.2) is 0 Å². The van der Waals surface area contributed by atoms with Gasteiger partial charge in [0.05, 0.1) is 0 Å². The molecule has 2 nitrogen and oxygen atoms in total. The summed E-state index contributed by atoms with van der Waals surface area (Å²) in [5.41, 5.74) is 0. The van der Waals surface area contributed by atoms with Gasteiger partial charge in [0, 0.05) is 0 Å². The smallest absolute Gasteiger partial charge is 0.358 e. The maximum absolute atomic E-state index is 11.6. The van der Waals surface area contributed by atoms with Crippen molar-refractivity contribution in [3.05, 3.63) is 0 Å². The molecule has 138 valence electrons. The number of rotatable bonds is 14. The number of carbonyl (C=O) groups excluding carboxylic acids is 1. The van der Waals surface area contributed by atoms with Gasteiger partial charge in [-0.05, 0) is 19.3 Å². The number of hydrogen-bond acceptors (Lipinski definition) is 2. The summed E-state index contributed by atoms with van der Waals surface area (Å²) in [4.78, 5) is 11.6. The van der Waals surface area contributed by atoms with Crippen LogP contribution in [0.4, 0.5) is 0 Å². The predicted molar refractivity (Wildman–Crippen MR) is 102 cm³/mol. The Bertz CT molecular complexity index is 290. The van der Waals surface area contributed by atoms with Crippen molar-refractivity contribution in [2.75, 3.05) is 0 Å². The molecule has 0 N–H and O–H groups in total. The summed E-state index contributed by atoms with van der Waals surface area (Å²) in [6, 6.07) is 0. The van der Waals surface area contributed by atoms with Crippen LogP contribution in [0.25, 0.3) is 0 Å². The van der Waals surface area contributed by atoms with Crippen LogP contribution in [0.5, 0.6) is 0 Å². The number of unbranched alkanes of at least 4 members (excludes halogenated alkanes) is 9. The van der Waals surface area contributed by atoms with Crippen molar-refractivity contribution in [2.45, 2.75) is 107 Å². The molecule has 23 heavy (non-hydrogen) atoms. The minimum absolute atomic E-state index is 0.128. The van der Waals surface area contributed by atoms with Gasteiger partial charge in [-0.15, -0.1) is 0 Å². The van der Waals surface area contributed by atoms with Gasteiger partial charge in [-0.2, -0.15) is 0 Å². The molecule has 5 heteroatoms. The van der Waals surface area contributed by atoms with Crippen LogP contribution in [0, 0.1) is 0 Å². The molecular weight excluding hydrogens is 355 g/mol. The van der Waals surface area contributed by atoms with E-state index in [4.69, 9.17) is 39.5 Å². The average Bonchev–Trinajstić information content (AvgIpc) is 2.48. The first-order chi connectivity index (χ1) is 10.9. The molecule has 1 unspecified atom stereocenters. The van der Waals surface area contributed by atoms with Crippen LogP contribution >= 0.6 is 34.8 Å². The highest BCUT2D eigenvalue weighted by atomic mass is 35.6. The van der Waals surface area contributed by atoms with Crippen molar-refractivity contribution in [1.29, 1.82) is 0 Å². The molecule has 0 aliphatic heterocycles. The van der Waals surface area contributed by atoms with Crippen LogP contribution < -0.4 is 0 Å². The summed E-state index contributed by atoms with van der Waals surface area (Å²) in [5, 5.41) is 0. The van der Waals surface area contributed by atoms with Gasteiger partial charge in [0.25, 0.3) is 3.79 Å². The first-order valence-electron chi connectivity index (χ1n) is 9.19. The normalized spacial score (nSPS) is 13.1. The first-order valence-corrected chi connectivity index (χ1v) is 10.3. The first kappa shape index (κ1) is 23.3. The topological polar surface area (TPSA) is 26.3 Å². The van der Waals surface area contributed by atoms with Crippen LogP contribution in [0.1, 0.15) is 97.3 Å². The fourth-order valence-electron chi connectivity index (χ4n) is 2.66. The quantitative estimate of drug-likeness (QED) is 0.176. The van der Waals surface area contributed by atoms with Gasteiger partial charge in [-0.25, -0.2) is 4.79 Å². The van der Waals surface area contributed by atoms with Gasteiger partial charge >= 0.3 is 5.97 Å². The number of alkyl halides is 3. The van der Waals surface area contributed by atoms with Crippen molar-refractivity contribution in [3.63, 3.8) is 0 Å².